The van der Waals surface area contributed by atoms with Gasteiger partial charge in [-0.25, -0.2) is 4.98 Å². The summed E-state index contributed by atoms with van der Waals surface area (Å²) >= 11 is 0. The summed E-state index contributed by atoms with van der Waals surface area (Å²) in [5, 5.41) is 7.41. The number of hydrogen-bond donors (Lipinski definition) is 1. The van der Waals surface area contributed by atoms with E-state index >= 15 is 0 Å². The van der Waals surface area contributed by atoms with Gasteiger partial charge in [-0.05, 0) is 12.1 Å². The highest BCUT2D eigenvalue weighted by molar-refractivity contribution is 5.63. The van der Waals surface area contributed by atoms with Gasteiger partial charge in [0.1, 0.15) is 0 Å². The van der Waals surface area contributed by atoms with Gasteiger partial charge >= 0.3 is 0 Å². The summed E-state index contributed by atoms with van der Waals surface area (Å²) < 4.78 is 3.61. The van der Waals surface area contributed by atoms with E-state index in [0.29, 0.717) is 11.3 Å². The van der Waals surface area contributed by atoms with Gasteiger partial charge in [0, 0.05) is 44.4 Å². The van der Waals surface area contributed by atoms with Gasteiger partial charge in [0.15, 0.2) is 11.3 Å². The van der Waals surface area contributed by atoms with Gasteiger partial charge in [-0.2, -0.15) is 5.10 Å². The van der Waals surface area contributed by atoms with Gasteiger partial charge in [0.2, 0.25) is 0 Å². The van der Waals surface area contributed by atoms with Crippen LogP contribution in [-0.2, 0) is 7.05 Å². The van der Waals surface area contributed by atoms with Crippen LogP contribution in [0.15, 0.2) is 60.9 Å². The van der Waals surface area contributed by atoms with Crippen LogP contribution in [0.5, 0.6) is 0 Å². The first-order valence-electron chi connectivity index (χ1n) is 7.05. The molecule has 0 unspecified atom stereocenters. The lowest BCUT2D eigenvalue weighted by Crippen LogP contribution is -2.24. The van der Waals surface area contributed by atoms with E-state index in [1.807, 2.05) is 36.1 Å². The fourth-order valence-corrected chi connectivity index (χ4v) is 2.22. The molecule has 0 aromatic carbocycles. The predicted molar refractivity (Wildman–Crippen MR) is 88.9 cm³/mol. The number of aryl methyl sites for hydroxylation is 1. The minimum atomic E-state index is 0.632. The molecule has 116 valence electrons. The van der Waals surface area contributed by atoms with Crippen LogP contribution in [0.2, 0.25) is 0 Å². The van der Waals surface area contributed by atoms with E-state index in [4.69, 9.17) is 0 Å². The van der Waals surface area contributed by atoms with Gasteiger partial charge in [-0.15, -0.1) is 0 Å². The molecule has 0 radical (unpaired) electrons. The Morgan fingerprint density at radius 3 is 2.83 bits per heavy atom. The number of aromatic nitrogens is 5. The minimum Gasteiger partial charge on any atom is -0.336 e. The Labute approximate surface area is 133 Å². The van der Waals surface area contributed by atoms with Gasteiger partial charge in [0.05, 0.1) is 23.8 Å². The van der Waals surface area contributed by atoms with Gasteiger partial charge in [-0.3, -0.25) is 19.2 Å². The first kappa shape index (κ1) is 14.7. The second-order valence-corrected chi connectivity index (χ2v) is 4.91. The second-order valence-electron chi connectivity index (χ2n) is 4.91. The summed E-state index contributed by atoms with van der Waals surface area (Å²) in [7, 11) is 3.59. The lowest BCUT2D eigenvalue weighted by atomic mass is 10.3. The third-order valence-corrected chi connectivity index (χ3v) is 3.32. The maximum atomic E-state index is 4.37. The number of nitrogens with zero attached hydrogens (tertiary/aromatic N) is 6. The second kappa shape index (κ2) is 6.27. The van der Waals surface area contributed by atoms with Gasteiger partial charge in [0.25, 0.3) is 0 Å². The molecule has 7 nitrogen and oxygen atoms in total. The molecule has 1 N–H and O–H groups in total. The molecule has 3 aromatic heterocycles. The Morgan fingerprint density at radius 2 is 2.17 bits per heavy atom. The third kappa shape index (κ3) is 3.03. The van der Waals surface area contributed by atoms with Crippen molar-refractivity contribution >= 4 is 17.2 Å². The topological polar surface area (TPSA) is 72.9 Å². The Bertz CT molecular complexity index is 890. The van der Waals surface area contributed by atoms with Crippen LogP contribution in [0.25, 0.3) is 5.70 Å². The van der Waals surface area contributed by atoms with Crippen molar-refractivity contribution in [2.24, 2.45) is 12.0 Å². The molecule has 0 aliphatic rings. The van der Waals surface area contributed by atoms with Crippen LogP contribution in [0.1, 0.15) is 5.56 Å². The summed E-state index contributed by atoms with van der Waals surface area (Å²) in [6.45, 7) is 4.15. The molecule has 7 heteroatoms. The molecule has 0 saturated heterocycles. The number of nitrogens with one attached hydrogen (secondary N) is 1. The highest BCUT2D eigenvalue weighted by Crippen LogP contribution is 2.14. The van der Waals surface area contributed by atoms with E-state index in [1.165, 1.54) is 0 Å². The number of rotatable bonds is 4. The summed E-state index contributed by atoms with van der Waals surface area (Å²) in [6.07, 6.45) is 10.7. The zero-order chi connectivity index (χ0) is 16.2. The molecule has 0 atom stereocenters. The van der Waals surface area contributed by atoms with E-state index in [-0.39, 0.29) is 0 Å². The lowest BCUT2D eigenvalue weighted by Gasteiger charge is -2.12. The van der Waals surface area contributed by atoms with Crippen LogP contribution in [0.3, 0.4) is 0 Å². The van der Waals surface area contributed by atoms with E-state index in [0.717, 1.165) is 16.9 Å². The largest absolute Gasteiger partial charge is 0.336 e. The standard InChI is InChI=1S/C16H17N7/c1-12(13-9-20-22(3)11-13)23-8-7-19-15(16(23)17-2)21-14-5-4-6-18-10-14/h4-11H,1H2,2-3H3,(H,19,21)/b17-16-. The van der Waals surface area contributed by atoms with Crippen LogP contribution in [0, 0.1) is 0 Å². The van der Waals surface area contributed by atoms with Crippen molar-refractivity contribution < 1.29 is 0 Å². The SMILES string of the molecule is C=C(c1cnn(C)c1)n1ccnc(Nc2cccnc2)/c1=N/C. The smallest absolute Gasteiger partial charge is 0.175 e. The molecule has 0 bridgehead atoms. The summed E-state index contributed by atoms with van der Waals surface area (Å²) in [4.78, 5) is 12.8. The Hall–Kier alpha value is -3.22. The average Bonchev–Trinajstić information content (AvgIpc) is 3.01. The molecule has 0 saturated carbocycles. The molecule has 23 heavy (non-hydrogen) atoms. The first-order chi connectivity index (χ1) is 11.2. The maximum absolute atomic E-state index is 4.37. The number of anilines is 2. The van der Waals surface area contributed by atoms with Crippen molar-refractivity contribution in [2.75, 3.05) is 12.4 Å². The van der Waals surface area contributed by atoms with Crippen LogP contribution in [0.4, 0.5) is 11.5 Å². The van der Waals surface area contributed by atoms with Crippen molar-refractivity contribution in [2.45, 2.75) is 0 Å². The van der Waals surface area contributed by atoms with Crippen LogP contribution >= 0.6 is 0 Å². The molecule has 0 spiro atoms. The molecular formula is C16H17N7. The van der Waals surface area contributed by atoms with Crippen LogP contribution < -0.4 is 10.8 Å². The zero-order valence-electron chi connectivity index (χ0n) is 13.0. The van der Waals surface area contributed by atoms with E-state index in [2.05, 4.69) is 32.0 Å². The molecule has 0 aliphatic heterocycles. The predicted octanol–water partition coefficient (Wildman–Crippen LogP) is 1.80. The molecule has 3 heterocycles. The molecule has 0 aliphatic carbocycles. The van der Waals surface area contributed by atoms with E-state index in [1.54, 1.807) is 36.5 Å². The molecule has 3 rings (SSSR count). The Morgan fingerprint density at radius 1 is 1.30 bits per heavy atom. The van der Waals surface area contributed by atoms with Gasteiger partial charge in [-0.1, -0.05) is 6.58 Å². The minimum absolute atomic E-state index is 0.632. The Kier molecular flexibility index (Phi) is 4.01. The summed E-state index contributed by atoms with van der Waals surface area (Å²) in [5.74, 6) is 0.632. The summed E-state index contributed by atoms with van der Waals surface area (Å²) in [6, 6.07) is 3.78. The van der Waals surface area contributed by atoms with Crippen molar-refractivity contribution in [3.8, 4) is 0 Å². The van der Waals surface area contributed by atoms with Gasteiger partial charge < -0.3 is 5.32 Å². The Balaban J connectivity index is 2.02. The fourth-order valence-electron chi connectivity index (χ4n) is 2.22. The quantitative estimate of drug-likeness (QED) is 0.798. The van der Waals surface area contributed by atoms with Crippen LogP contribution in [-0.4, -0.2) is 31.4 Å². The number of pyridine rings is 1. The highest BCUT2D eigenvalue weighted by Gasteiger charge is 2.08. The van der Waals surface area contributed by atoms with Crippen molar-refractivity contribution in [3.05, 3.63) is 66.9 Å². The number of hydrogen-bond acceptors (Lipinski definition) is 5. The molecule has 3 aromatic rings. The van der Waals surface area contributed by atoms with Crippen molar-refractivity contribution in [3.63, 3.8) is 0 Å². The normalized spacial score (nSPS) is 11.5. The summed E-state index contributed by atoms with van der Waals surface area (Å²) in [5.41, 5.74) is 3.20. The average molecular weight is 307 g/mol. The lowest BCUT2D eigenvalue weighted by molar-refractivity contribution is 0.767. The van der Waals surface area contributed by atoms with Crippen molar-refractivity contribution in [1.82, 2.24) is 24.3 Å². The molecular weight excluding hydrogens is 290 g/mol. The third-order valence-electron chi connectivity index (χ3n) is 3.32. The van der Waals surface area contributed by atoms with E-state index < -0.39 is 0 Å². The fraction of sp³-hybridized carbons (Fsp3) is 0.125. The van der Waals surface area contributed by atoms with Crippen molar-refractivity contribution in [1.29, 1.82) is 0 Å². The maximum Gasteiger partial charge on any atom is 0.175 e. The van der Waals surface area contributed by atoms with E-state index in [9.17, 15) is 0 Å². The monoisotopic (exact) mass is 307 g/mol. The zero-order valence-corrected chi connectivity index (χ0v) is 13.0. The first-order valence-corrected chi connectivity index (χ1v) is 7.05. The highest BCUT2D eigenvalue weighted by atomic mass is 15.2. The molecule has 0 amide bonds. The molecule has 0 fully saturated rings.